The fourth-order valence-corrected chi connectivity index (χ4v) is 1.27. The van der Waals surface area contributed by atoms with E-state index < -0.39 is 5.97 Å². The number of hydrogen-bond donors (Lipinski definition) is 1. The summed E-state index contributed by atoms with van der Waals surface area (Å²) in [6, 6.07) is 5.08. The van der Waals surface area contributed by atoms with Crippen molar-refractivity contribution < 1.29 is 14.6 Å². The summed E-state index contributed by atoms with van der Waals surface area (Å²) in [6.07, 6.45) is 0. The number of hydrogen-bond acceptors (Lipinski definition) is 2. The molecule has 15 heavy (non-hydrogen) atoms. The van der Waals surface area contributed by atoms with Crippen LogP contribution >= 0.6 is 0 Å². The Morgan fingerprint density at radius 1 is 1.27 bits per heavy atom. The van der Waals surface area contributed by atoms with Gasteiger partial charge in [-0.2, -0.15) is 0 Å². The van der Waals surface area contributed by atoms with Crippen molar-refractivity contribution in [1.82, 2.24) is 0 Å². The number of carboxylic acid groups (broad SMARTS) is 1. The van der Waals surface area contributed by atoms with Gasteiger partial charge >= 0.3 is 5.97 Å². The van der Waals surface area contributed by atoms with Crippen molar-refractivity contribution in [2.45, 2.75) is 26.2 Å². The van der Waals surface area contributed by atoms with Gasteiger partial charge in [0.2, 0.25) is 0 Å². The van der Waals surface area contributed by atoms with Gasteiger partial charge in [0, 0.05) is 0 Å². The normalized spacial score (nSPS) is 11.2. The number of ether oxygens (including phenoxy) is 1. The molecule has 0 spiro atoms. The van der Waals surface area contributed by atoms with Gasteiger partial charge in [-0.1, -0.05) is 20.8 Å². The summed E-state index contributed by atoms with van der Waals surface area (Å²) in [7, 11) is 1.54. The molecule has 82 valence electrons. The highest BCUT2D eigenvalue weighted by Gasteiger charge is 2.17. The second-order valence-corrected chi connectivity index (χ2v) is 4.51. The Hall–Kier alpha value is -1.51. The van der Waals surface area contributed by atoms with E-state index in [1.807, 2.05) is 26.8 Å². The van der Waals surface area contributed by atoms with Gasteiger partial charge in [0.25, 0.3) is 0 Å². The Labute approximate surface area is 89.7 Å². The minimum atomic E-state index is -0.931. The summed E-state index contributed by atoms with van der Waals surface area (Å²) in [6.45, 7) is 6.11. The molecule has 1 N–H and O–H groups in total. The average molecular weight is 208 g/mol. The fraction of sp³-hybridized carbons (Fsp3) is 0.417. The molecule has 1 aromatic rings. The van der Waals surface area contributed by atoms with Gasteiger partial charge in [0.05, 0.1) is 12.7 Å². The predicted octanol–water partition coefficient (Wildman–Crippen LogP) is 2.69. The van der Waals surface area contributed by atoms with Crippen LogP contribution in [0, 0.1) is 0 Å². The van der Waals surface area contributed by atoms with Gasteiger partial charge in [-0.25, -0.2) is 4.79 Å². The highest BCUT2D eigenvalue weighted by atomic mass is 16.5. The summed E-state index contributed by atoms with van der Waals surface area (Å²) in [5, 5.41) is 8.94. The summed E-state index contributed by atoms with van der Waals surface area (Å²) < 4.78 is 5.08. The van der Waals surface area contributed by atoms with Crippen molar-refractivity contribution in [3.05, 3.63) is 29.3 Å². The summed E-state index contributed by atoms with van der Waals surface area (Å²) >= 11 is 0. The van der Waals surface area contributed by atoms with Gasteiger partial charge in [-0.3, -0.25) is 0 Å². The van der Waals surface area contributed by atoms with Crippen LogP contribution in [0.15, 0.2) is 18.2 Å². The van der Waals surface area contributed by atoms with E-state index >= 15 is 0 Å². The monoisotopic (exact) mass is 208 g/mol. The topological polar surface area (TPSA) is 46.5 Å². The van der Waals surface area contributed by atoms with Crippen LogP contribution < -0.4 is 4.74 Å². The molecule has 0 aromatic heterocycles. The maximum Gasteiger partial charge on any atom is 0.335 e. The maximum absolute atomic E-state index is 10.9. The Balaban J connectivity index is 3.30. The number of aromatic carboxylic acids is 1. The first kappa shape index (κ1) is 11.6. The lowest BCUT2D eigenvalue weighted by Gasteiger charge is -2.20. The molecule has 0 heterocycles. The molecule has 3 nitrogen and oxygen atoms in total. The van der Waals surface area contributed by atoms with E-state index in [2.05, 4.69) is 0 Å². The van der Waals surface area contributed by atoms with Crippen molar-refractivity contribution in [2.24, 2.45) is 0 Å². The Bertz CT molecular complexity index is 375. The Morgan fingerprint density at radius 2 is 1.87 bits per heavy atom. The van der Waals surface area contributed by atoms with Crippen LogP contribution in [0.4, 0.5) is 0 Å². The van der Waals surface area contributed by atoms with Gasteiger partial charge in [-0.15, -0.1) is 0 Å². The second kappa shape index (κ2) is 3.93. The lowest BCUT2D eigenvalue weighted by Crippen LogP contribution is -2.12. The summed E-state index contributed by atoms with van der Waals surface area (Å²) in [5.74, 6) is -0.348. The molecule has 3 heteroatoms. The standard InChI is InChI=1S/C12H16O3/c1-12(2,3)9-5-8(11(13)14)6-10(7-9)15-4/h5-7H,1-4H3,(H,13,14). The van der Waals surface area contributed by atoms with Crippen LogP contribution in [-0.2, 0) is 5.41 Å². The molecule has 0 radical (unpaired) electrons. The van der Waals surface area contributed by atoms with E-state index in [1.165, 1.54) is 13.2 Å². The molecule has 0 aliphatic heterocycles. The zero-order valence-electron chi connectivity index (χ0n) is 9.50. The molecule has 0 aliphatic rings. The first-order valence-electron chi connectivity index (χ1n) is 4.77. The van der Waals surface area contributed by atoms with Crippen molar-refractivity contribution >= 4 is 5.97 Å². The Morgan fingerprint density at radius 3 is 2.27 bits per heavy atom. The number of rotatable bonds is 2. The van der Waals surface area contributed by atoms with Crippen molar-refractivity contribution in [1.29, 1.82) is 0 Å². The first-order valence-corrected chi connectivity index (χ1v) is 4.77. The van der Waals surface area contributed by atoms with E-state index in [1.54, 1.807) is 6.07 Å². The van der Waals surface area contributed by atoms with E-state index in [0.29, 0.717) is 5.75 Å². The van der Waals surface area contributed by atoms with Crippen molar-refractivity contribution in [2.75, 3.05) is 7.11 Å². The van der Waals surface area contributed by atoms with Crippen molar-refractivity contribution in [3.63, 3.8) is 0 Å². The van der Waals surface area contributed by atoms with Gasteiger partial charge in [0.15, 0.2) is 0 Å². The molecule has 0 aliphatic carbocycles. The molecule has 1 rings (SSSR count). The minimum Gasteiger partial charge on any atom is -0.497 e. The third-order valence-electron chi connectivity index (χ3n) is 2.26. The first-order chi connectivity index (χ1) is 6.84. The van der Waals surface area contributed by atoms with E-state index in [0.717, 1.165) is 5.56 Å². The van der Waals surface area contributed by atoms with E-state index in [9.17, 15) is 4.79 Å². The molecule has 0 unspecified atom stereocenters. The molecular formula is C12H16O3. The van der Waals surface area contributed by atoms with Crippen LogP contribution in [0.25, 0.3) is 0 Å². The number of carbonyl (C=O) groups is 1. The number of benzene rings is 1. The largest absolute Gasteiger partial charge is 0.497 e. The second-order valence-electron chi connectivity index (χ2n) is 4.51. The average Bonchev–Trinajstić information content (AvgIpc) is 2.15. The van der Waals surface area contributed by atoms with Gasteiger partial charge in [-0.05, 0) is 29.2 Å². The van der Waals surface area contributed by atoms with Gasteiger partial charge in [0.1, 0.15) is 5.75 Å². The molecule has 0 fully saturated rings. The molecule has 0 amide bonds. The predicted molar refractivity (Wildman–Crippen MR) is 58.7 cm³/mol. The van der Waals surface area contributed by atoms with Crippen LogP contribution in [0.3, 0.4) is 0 Å². The number of methoxy groups -OCH3 is 1. The molecule has 0 bridgehead atoms. The highest BCUT2D eigenvalue weighted by Crippen LogP contribution is 2.27. The quantitative estimate of drug-likeness (QED) is 0.812. The molecule has 1 aromatic carbocycles. The Kier molecular flexibility index (Phi) is 3.03. The number of carboxylic acids is 1. The summed E-state index contributed by atoms with van der Waals surface area (Å²) in [5.41, 5.74) is 1.14. The lowest BCUT2D eigenvalue weighted by molar-refractivity contribution is 0.0696. The molecule has 0 atom stereocenters. The maximum atomic E-state index is 10.9. The molecular weight excluding hydrogens is 192 g/mol. The smallest absolute Gasteiger partial charge is 0.335 e. The lowest BCUT2D eigenvalue weighted by atomic mass is 9.86. The zero-order valence-corrected chi connectivity index (χ0v) is 9.50. The van der Waals surface area contributed by atoms with Gasteiger partial charge < -0.3 is 9.84 Å². The van der Waals surface area contributed by atoms with E-state index in [4.69, 9.17) is 9.84 Å². The van der Waals surface area contributed by atoms with Crippen LogP contribution in [0.1, 0.15) is 36.7 Å². The fourth-order valence-electron chi connectivity index (χ4n) is 1.27. The molecule has 0 saturated heterocycles. The third-order valence-corrected chi connectivity index (χ3v) is 2.26. The van der Waals surface area contributed by atoms with Crippen LogP contribution in [0.2, 0.25) is 0 Å². The van der Waals surface area contributed by atoms with Crippen LogP contribution in [0.5, 0.6) is 5.75 Å². The summed E-state index contributed by atoms with van der Waals surface area (Å²) in [4.78, 5) is 10.9. The SMILES string of the molecule is COc1cc(C(=O)O)cc(C(C)(C)C)c1. The highest BCUT2D eigenvalue weighted by molar-refractivity contribution is 5.88. The van der Waals surface area contributed by atoms with Crippen LogP contribution in [-0.4, -0.2) is 18.2 Å². The zero-order chi connectivity index (χ0) is 11.6. The molecule has 0 saturated carbocycles. The van der Waals surface area contributed by atoms with Crippen molar-refractivity contribution in [3.8, 4) is 5.75 Å². The third kappa shape index (κ3) is 2.72. The van der Waals surface area contributed by atoms with E-state index in [-0.39, 0.29) is 11.0 Å². The minimum absolute atomic E-state index is 0.0846.